The molecule has 16 heavy (non-hydrogen) atoms. The summed E-state index contributed by atoms with van der Waals surface area (Å²) in [6.45, 7) is 9.31. The van der Waals surface area contributed by atoms with E-state index in [1.54, 1.807) is 0 Å². The van der Waals surface area contributed by atoms with Crippen LogP contribution in [0.5, 0.6) is 0 Å². The Morgan fingerprint density at radius 2 is 0.812 bits per heavy atom. The van der Waals surface area contributed by atoms with Crippen molar-refractivity contribution in [2.24, 2.45) is 0 Å². The highest BCUT2D eigenvalue weighted by atomic mass is 14.9. The molecule has 0 saturated heterocycles. The quantitative estimate of drug-likeness (QED) is 0.473. The molecule has 2 N–H and O–H groups in total. The Morgan fingerprint density at radius 1 is 0.500 bits per heavy atom. The second-order valence-electron chi connectivity index (χ2n) is 4.62. The van der Waals surface area contributed by atoms with Crippen LogP contribution in [0, 0.1) is 0 Å². The van der Waals surface area contributed by atoms with Crippen molar-refractivity contribution in [1.29, 1.82) is 0 Å². The predicted molar refractivity (Wildman–Crippen MR) is 74.0 cm³/mol. The Morgan fingerprint density at radius 3 is 1.12 bits per heavy atom. The van der Waals surface area contributed by atoms with Gasteiger partial charge >= 0.3 is 0 Å². The van der Waals surface area contributed by atoms with Crippen molar-refractivity contribution in [3.8, 4) is 0 Å². The van der Waals surface area contributed by atoms with E-state index < -0.39 is 0 Å². The van der Waals surface area contributed by atoms with Crippen molar-refractivity contribution >= 4 is 0 Å². The molecule has 2 heteroatoms. The standard InChI is InChI=1S/C14H32N2/c1-3-5-7-11-15-13-9-10-14-16-12-8-6-4-2/h15-16H,3-14H2,1-2H3. The first-order valence-corrected chi connectivity index (χ1v) is 7.33. The van der Waals surface area contributed by atoms with Crippen LogP contribution in [0.3, 0.4) is 0 Å². The fourth-order valence-corrected chi connectivity index (χ4v) is 1.75. The number of nitrogens with one attached hydrogen (secondary N) is 2. The van der Waals surface area contributed by atoms with Crippen molar-refractivity contribution in [2.45, 2.75) is 65.2 Å². The second kappa shape index (κ2) is 14.9. The minimum atomic E-state index is 1.19. The van der Waals surface area contributed by atoms with Crippen LogP contribution in [-0.2, 0) is 0 Å². The van der Waals surface area contributed by atoms with Gasteiger partial charge in [0.15, 0.2) is 0 Å². The van der Waals surface area contributed by atoms with E-state index in [1.807, 2.05) is 0 Å². The molecule has 0 aliphatic rings. The van der Waals surface area contributed by atoms with Crippen LogP contribution < -0.4 is 10.6 Å². The van der Waals surface area contributed by atoms with Crippen molar-refractivity contribution in [2.75, 3.05) is 26.2 Å². The van der Waals surface area contributed by atoms with Gasteiger partial charge in [0.2, 0.25) is 0 Å². The highest BCUT2D eigenvalue weighted by Gasteiger charge is 1.90. The summed E-state index contributed by atoms with van der Waals surface area (Å²) < 4.78 is 0. The van der Waals surface area contributed by atoms with Crippen LogP contribution >= 0.6 is 0 Å². The van der Waals surface area contributed by atoms with Gasteiger partial charge in [-0.25, -0.2) is 0 Å². The molecule has 0 amide bonds. The van der Waals surface area contributed by atoms with Gasteiger partial charge < -0.3 is 10.6 Å². The Labute approximate surface area is 103 Å². The molecule has 0 fully saturated rings. The average molecular weight is 228 g/mol. The number of hydrogen-bond donors (Lipinski definition) is 2. The van der Waals surface area contributed by atoms with Crippen molar-refractivity contribution in [1.82, 2.24) is 10.6 Å². The van der Waals surface area contributed by atoms with Crippen molar-refractivity contribution < 1.29 is 0 Å². The first-order chi connectivity index (χ1) is 7.91. The van der Waals surface area contributed by atoms with Gasteiger partial charge in [-0.1, -0.05) is 39.5 Å². The summed E-state index contributed by atoms with van der Waals surface area (Å²) in [5, 5.41) is 7.01. The van der Waals surface area contributed by atoms with Crippen LogP contribution in [0.15, 0.2) is 0 Å². The molecule has 0 unspecified atom stereocenters. The van der Waals surface area contributed by atoms with E-state index in [0.717, 1.165) is 0 Å². The van der Waals surface area contributed by atoms with Gasteiger partial charge in [-0.05, 0) is 51.9 Å². The summed E-state index contributed by atoms with van der Waals surface area (Å²) in [7, 11) is 0. The molecule has 0 aromatic heterocycles. The highest BCUT2D eigenvalue weighted by Crippen LogP contribution is 1.93. The van der Waals surface area contributed by atoms with Crippen LogP contribution in [0.25, 0.3) is 0 Å². The first-order valence-electron chi connectivity index (χ1n) is 7.33. The van der Waals surface area contributed by atoms with Gasteiger partial charge in [-0.3, -0.25) is 0 Å². The molecule has 0 aliphatic carbocycles. The molecule has 0 aliphatic heterocycles. The largest absolute Gasteiger partial charge is 0.317 e. The van der Waals surface area contributed by atoms with Gasteiger partial charge in [0.05, 0.1) is 0 Å². The minimum absolute atomic E-state index is 1.19. The Kier molecular flexibility index (Phi) is 14.8. The third-order valence-corrected chi connectivity index (χ3v) is 2.87. The SMILES string of the molecule is CCCCCNCCCCNCCCCC. The Bertz CT molecular complexity index is 101. The molecular weight excluding hydrogens is 196 g/mol. The lowest BCUT2D eigenvalue weighted by atomic mass is 10.2. The van der Waals surface area contributed by atoms with E-state index in [1.165, 1.54) is 77.5 Å². The molecule has 0 aromatic rings. The Hall–Kier alpha value is -0.0800. The molecule has 0 atom stereocenters. The summed E-state index contributed by atoms with van der Waals surface area (Å²) in [6, 6.07) is 0. The fraction of sp³-hybridized carbons (Fsp3) is 1.00. The number of rotatable bonds is 13. The van der Waals surface area contributed by atoms with E-state index in [9.17, 15) is 0 Å². The van der Waals surface area contributed by atoms with Gasteiger partial charge in [0.1, 0.15) is 0 Å². The van der Waals surface area contributed by atoms with Gasteiger partial charge in [0.25, 0.3) is 0 Å². The summed E-state index contributed by atoms with van der Waals surface area (Å²) in [6.07, 6.45) is 10.7. The molecule has 2 nitrogen and oxygen atoms in total. The predicted octanol–water partition coefficient (Wildman–Crippen LogP) is 3.33. The third kappa shape index (κ3) is 13.9. The molecule has 0 heterocycles. The van der Waals surface area contributed by atoms with Crippen LogP contribution in [0.4, 0.5) is 0 Å². The summed E-state index contributed by atoms with van der Waals surface area (Å²) >= 11 is 0. The van der Waals surface area contributed by atoms with Crippen molar-refractivity contribution in [3.05, 3.63) is 0 Å². The molecule has 0 aromatic carbocycles. The lowest BCUT2D eigenvalue weighted by Crippen LogP contribution is -2.20. The number of unbranched alkanes of at least 4 members (excludes halogenated alkanes) is 5. The zero-order valence-corrected chi connectivity index (χ0v) is 11.5. The lowest BCUT2D eigenvalue weighted by Gasteiger charge is -2.05. The highest BCUT2D eigenvalue weighted by molar-refractivity contribution is 4.52. The zero-order chi connectivity index (χ0) is 11.9. The molecule has 0 radical (unpaired) electrons. The van der Waals surface area contributed by atoms with Gasteiger partial charge in [0, 0.05) is 0 Å². The van der Waals surface area contributed by atoms with Gasteiger partial charge in [-0.2, -0.15) is 0 Å². The van der Waals surface area contributed by atoms with Crippen LogP contribution in [0.1, 0.15) is 65.2 Å². The minimum Gasteiger partial charge on any atom is -0.317 e. The maximum atomic E-state index is 3.50. The van der Waals surface area contributed by atoms with Crippen LogP contribution in [-0.4, -0.2) is 26.2 Å². The van der Waals surface area contributed by atoms with Crippen LogP contribution in [0.2, 0.25) is 0 Å². The van der Waals surface area contributed by atoms with E-state index in [2.05, 4.69) is 24.5 Å². The summed E-state index contributed by atoms with van der Waals surface area (Å²) in [5.41, 5.74) is 0. The average Bonchev–Trinajstić information content (AvgIpc) is 2.31. The zero-order valence-electron chi connectivity index (χ0n) is 11.5. The molecule has 0 spiro atoms. The maximum absolute atomic E-state index is 3.50. The Balaban J connectivity index is 2.83. The molecule has 0 rings (SSSR count). The second-order valence-corrected chi connectivity index (χ2v) is 4.62. The van der Waals surface area contributed by atoms with Gasteiger partial charge in [-0.15, -0.1) is 0 Å². The summed E-state index contributed by atoms with van der Waals surface area (Å²) in [5.74, 6) is 0. The van der Waals surface area contributed by atoms with Crippen molar-refractivity contribution in [3.63, 3.8) is 0 Å². The van der Waals surface area contributed by atoms with E-state index in [0.29, 0.717) is 0 Å². The first kappa shape index (κ1) is 15.9. The third-order valence-electron chi connectivity index (χ3n) is 2.87. The fourth-order valence-electron chi connectivity index (χ4n) is 1.75. The smallest absolute Gasteiger partial charge is 0.00484 e. The van der Waals surface area contributed by atoms with E-state index >= 15 is 0 Å². The summed E-state index contributed by atoms with van der Waals surface area (Å²) in [4.78, 5) is 0. The topological polar surface area (TPSA) is 24.1 Å². The number of hydrogen-bond acceptors (Lipinski definition) is 2. The lowest BCUT2D eigenvalue weighted by molar-refractivity contribution is 0.553. The molecule has 98 valence electrons. The molecule has 0 saturated carbocycles. The van der Waals surface area contributed by atoms with E-state index in [4.69, 9.17) is 0 Å². The molecule has 0 bridgehead atoms. The molecular formula is C14H32N2. The maximum Gasteiger partial charge on any atom is -0.00484 e. The monoisotopic (exact) mass is 228 g/mol. The normalized spacial score (nSPS) is 10.9. The van der Waals surface area contributed by atoms with E-state index in [-0.39, 0.29) is 0 Å².